The molecule has 0 spiro atoms. The number of hydrogen-bond donors (Lipinski definition) is 1. The molecule has 1 N–H and O–H groups in total. The van der Waals surface area contributed by atoms with E-state index in [0.717, 1.165) is 0 Å². The summed E-state index contributed by atoms with van der Waals surface area (Å²) < 4.78 is 0. The highest BCUT2D eigenvalue weighted by atomic mass is 16.3. The summed E-state index contributed by atoms with van der Waals surface area (Å²) in [5.41, 5.74) is 2.18. The van der Waals surface area contributed by atoms with Gasteiger partial charge in [0.1, 0.15) is 0 Å². The summed E-state index contributed by atoms with van der Waals surface area (Å²) in [6, 6.07) is 8.21. The summed E-state index contributed by atoms with van der Waals surface area (Å²) >= 11 is 0. The normalized spacial score (nSPS) is 28.5. The topological polar surface area (TPSA) is 20.2 Å². The Bertz CT molecular complexity index is 406. The number of hydrogen-bond acceptors (Lipinski definition) is 1. The molecule has 0 bridgehead atoms. The van der Waals surface area contributed by atoms with E-state index in [1.54, 1.807) is 0 Å². The van der Waals surface area contributed by atoms with Gasteiger partial charge in [-0.3, -0.25) is 0 Å². The maximum Gasteiger partial charge on any atom is 0.0534 e. The fourth-order valence-electron chi connectivity index (χ4n) is 2.29. The highest BCUT2D eigenvalue weighted by Gasteiger charge is 2.35. The Hall–Kier alpha value is -1.34. The third-order valence-electron chi connectivity index (χ3n) is 3.38. The van der Waals surface area contributed by atoms with Crippen molar-refractivity contribution >= 4 is 6.08 Å². The molecule has 0 amide bonds. The van der Waals surface area contributed by atoms with Gasteiger partial charge in [0.15, 0.2) is 0 Å². The van der Waals surface area contributed by atoms with E-state index < -0.39 is 0 Å². The molecule has 15 heavy (non-hydrogen) atoms. The van der Waals surface area contributed by atoms with E-state index >= 15 is 0 Å². The molecule has 1 aromatic carbocycles. The number of rotatable bonds is 2. The molecule has 1 nitrogen and oxygen atoms in total. The van der Waals surface area contributed by atoms with Gasteiger partial charge in [0, 0.05) is 11.3 Å². The van der Waals surface area contributed by atoms with Crippen molar-refractivity contribution in [1.82, 2.24) is 0 Å². The minimum absolute atomic E-state index is 0.144. The van der Waals surface area contributed by atoms with Crippen LogP contribution in [-0.4, -0.2) is 11.7 Å². The van der Waals surface area contributed by atoms with E-state index in [0.29, 0.717) is 0 Å². The fraction of sp³-hybridized carbons (Fsp3) is 0.286. The van der Waals surface area contributed by atoms with Crippen molar-refractivity contribution < 1.29 is 5.11 Å². The van der Waals surface area contributed by atoms with E-state index in [2.05, 4.69) is 37.8 Å². The molecule has 78 valence electrons. The predicted molar refractivity (Wildman–Crippen MR) is 63.6 cm³/mol. The first-order valence-corrected chi connectivity index (χ1v) is 5.23. The van der Waals surface area contributed by atoms with Crippen LogP contribution in [0, 0.1) is 5.92 Å². The highest BCUT2D eigenvalue weighted by Crippen LogP contribution is 2.39. The molecular formula is C14H16O. The van der Waals surface area contributed by atoms with E-state index in [1.165, 1.54) is 11.1 Å². The second-order valence-electron chi connectivity index (χ2n) is 4.28. The molecule has 2 rings (SSSR count). The Kier molecular flexibility index (Phi) is 2.49. The van der Waals surface area contributed by atoms with Crippen molar-refractivity contribution in [3.63, 3.8) is 0 Å². The molecular weight excluding hydrogens is 184 g/mol. The van der Waals surface area contributed by atoms with Crippen molar-refractivity contribution in [2.45, 2.75) is 12.3 Å². The monoisotopic (exact) mass is 200 g/mol. The van der Waals surface area contributed by atoms with Crippen LogP contribution in [0.3, 0.4) is 0 Å². The highest BCUT2D eigenvalue weighted by molar-refractivity contribution is 5.60. The number of aliphatic hydroxyl groups is 1. The molecule has 2 atom stereocenters. The lowest BCUT2D eigenvalue weighted by atomic mass is 9.68. The molecule has 0 fully saturated rings. The number of fused-ring (bicyclic) bond motifs is 1. The third-order valence-corrected chi connectivity index (χ3v) is 3.38. The maximum atomic E-state index is 9.62. The van der Waals surface area contributed by atoms with Crippen molar-refractivity contribution in [3.05, 3.63) is 54.1 Å². The van der Waals surface area contributed by atoms with E-state index in [4.69, 9.17) is 0 Å². The first-order valence-electron chi connectivity index (χ1n) is 5.23. The number of benzene rings is 1. The van der Waals surface area contributed by atoms with Gasteiger partial charge in [-0.25, -0.2) is 0 Å². The molecule has 0 aliphatic heterocycles. The van der Waals surface area contributed by atoms with Gasteiger partial charge in [0.25, 0.3) is 0 Å². The van der Waals surface area contributed by atoms with Gasteiger partial charge >= 0.3 is 0 Å². The first-order chi connectivity index (χ1) is 7.22. The zero-order valence-corrected chi connectivity index (χ0v) is 8.98. The van der Waals surface area contributed by atoms with E-state index in [9.17, 15) is 5.11 Å². The molecule has 0 saturated heterocycles. The van der Waals surface area contributed by atoms with Crippen LogP contribution in [0.2, 0.25) is 0 Å². The van der Waals surface area contributed by atoms with Gasteiger partial charge in [-0.2, -0.15) is 0 Å². The molecule has 0 aromatic heterocycles. The fourth-order valence-corrected chi connectivity index (χ4v) is 2.29. The van der Waals surface area contributed by atoms with Crippen LogP contribution < -0.4 is 0 Å². The van der Waals surface area contributed by atoms with E-state index in [1.807, 2.05) is 18.2 Å². The Morgan fingerprint density at radius 1 is 1.47 bits per heavy atom. The van der Waals surface area contributed by atoms with Gasteiger partial charge in [-0.05, 0) is 11.1 Å². The molecule has 1 aliphatic rings. The molecule has 0 unspecified atom stereocenters. The van der Waals surface area contributed by atoms with Crippen LogP contribution in [0.5, 0.6) is 0 Å². The molecule has 0 radical (unpaired) electrons. The lowest BCUT2D eigenvalue weighted by molar-refractivity contribution is 0.184. The van der Waals surface area contributed by atoms with Crippen LogP contribution in [0.1, 0.15) is 18.1 Å². The summed E-state index contributed by atoms with van der Waals surface area (Å²) in [6.07, 6.45) is 6.13. The lowest BCUT2D eigenvalue weighted by Gasteiger charge is -2.37. The summed E-state index contributed by atoms with van der Waals surface area (Å²) in [5.74, 6) is 0.206. The first kappa shape index (κ1) is 10.2. The zero-order chi connectivity index (χ0) is 10.9. The van der Waals surface area contributed by atoms with Crippen LogP contribution in [0.15, 0.2) is 43.0 Å². The average Bonchev–Trinajstić information content (AvgIpc) is 2.30. The predicted octanol–water partition coefficient (Wildman–Crippen LogP) is 2.77. The number of aliphatic hydroxyl groups excluding tert-OH is 1. The standard InChI is InChI=1S/C14H16O/c1-3-12-9-8-11-6-4-5-7-13(11)14(12,2)10-15/h3-9,12,15H,1,10H2,2H3/t12-,14-/m0/s1. The minimum atomic E-state index is -0.229. The van der Waals surface area contributed by atoms with Gasteiger partial charge in [0.05, 0.1) is 6.61 Å². The van der Waals surface area contributed by atoms with Crippen LogP contribution in [0.25, 0.3) is 6.08 Å². The second-order valence-corrected chi connectivity index (χ2v) is 4.28. The average molecular weight is 200 g/mol. The zero-order valence-electron chi connectivity index (χ0n) is 8.98. The van der Waals surface area contributed by atoms with Crippen molar-refractivity contribution in [2.24, 2.45) is 5.92 Å². The number of allylic oxidation sites excluding steroid dienone is 2. The summed E-state index contributed by atoms with van der Waals surface area (Å²) in [7, 11) is 0. The quantitative estimate of drug-likeness (QED) is 0.728. The molecule has 1 heteroatoms. The molecule has 0 saturated carbocycles. The molecule has 1 aliphatic carbocycles. The minimum Gasteiger partial charge on any atom is -0.395 e. The van der Waals surface area contributed by atoms with Crippen molar-refractivity contribution in [2.75, 3.05) is 6.61 Å². The molecule has 1 aromatic rings. The van der Waals surface area contributed by atoms with Crippen LogP contribution >= 0.6 is 0 Å². The Labute approximate surface area is 90.8 Å². The third kappa shape index (κ3) is 1.44. The summed E-state index contributed by atoms with van der Waals surface area (Å²) in [4.78, 5) is 0. The Morgan fingerprint density at radius 2 is 2.20 bits per heavy atom. The van der Waals surface area contributed by atoms with Crippen molar-refractivity contribution in [1.29, 1.82) is 0 Å². The van der Waals surface area contributed by atoms with Crippen molar-refractivity contribution in [3.8, 4) is 0 Å². The summed E-state index contributed by atoms with van der Waals surface area (Å²) in [5, 5.41) is 9.62. The SMILES string of the molecule is C=C[C@H]1C=Cc2ccccc2[C@@]1(C)CO. The Morgan fingerprint density at radius 3 is 2.87 bits per heavy atom. The van der Waals surface area contributed by atoms with E-state index in [-0.39, 0.29) is 17.9 Å². The van der Waals surface area contributed by atoms with Crippen LogP contribution in [-0.2, 0) is 5.41 Å². The lowest BCUT2D eigenvalue weighted by Crippen LogP contribution is -2.36. The van der Waals surface area contributed by atoms with Gasteiger partial charge < -0.3 is 5.11 Å². The van der Waals surface area contributed by atoms with Gasteiger partial charge in [-0.15, -0.1) is 6.58 Å². The van der Waals surface area contributed by atoms with Crippen LogP contribution in [0.4, 0.5) is 0 Å². The van der Waals surface area contributed by atoms with Gasteiger partial charge in [-0.1, -0.05) is 49.4 Å². The second kappa shape index (κ2) is 3.67. The van der Waals surface area contributed by atoms with Gasteiger partial charge in [0.2, 0.25) is 0 Å². The largest absolute Gasteiger partial charge is 0.395 e. The molecule has 0 heterocycles. The maximum absolute atomic E-state index is 9.62. The summed E-state index contributed by atoms with van der Waals surface area (Å²) in [6.45, 7) is 6.07. The smallest absolute Gasteiger partial charge is 0.0534 e. The Balaban J connectivity index is 2.59.